The summed E-state index contributed by atoms with van der Waals surface area (Å²) in [5.74, 6) is 0.639. The summed E-state index contributed by atoms with van der Waals surface area (Å²) in [6.07, 6.45) is 0. The Morgan fingerprint density at radius 1 is 1.07 bits per heavy atom. The zero-order valence-electron chi connectivity index (χ0n) is 10.5. The first-order chi connectivity index (χ1) is 6.29. The van der Waals surface area contributed by atoms with Gasteiger partial charge in [-0.1, -0.05) is 19.4 Å². The van der Waals surface area contributed by atoms with E-state index in [4.69, 9.17) is 0 Å². The summed E-state index contributed by atoms with van der Waals surface area (Å²) in [6.45, 7) is 12.2. The van der Waals surface area contributed by atoms with Crippen LogP contribution in [0.4, 0.5) is 0 Å². The lowest BCUT2D eigenvalue weighted by molar-refractivity contribution is -0.128. The van der Waals surface area contributed by atoms with Gasteiger partial charge in [0.1, 0.15) is 0 Å². The summed E-state index contributed by atoms with van der Waals surface area (Å²) >= 11 is 0. The maximum atomic E-state index is 11.9. The molecule has 2 nitrogen and oxygen atoms in total. The predicted octanol–water partition coefficient (Wildman–Crippen LogP) is 2.85. The molecule has 0 aromatic rings. The molecule has 0 saturated heterocycles. The van der Waals surface area contributed by atoms with Crippen LogP contribution in [0.3, 0.4) is 0 Å². The SMILES string of the molecule is CC(C)=C(C)C(=O)N(C)C(C)C(C)C. The highest BCUT2D eigenvalue weighted by Gasteiger charge is 2.19. The van der Waals surface area contributed by atoms with Crippen LogP contribution in [0.5, 0.6) is 0 Å². The maximum Gasteiger partial charge on any atom is 0.249 e. The van der Waals surface area contributed by atoms with E-state index in [-0.39, 0.29) is 11.9 Å². The number of carbonyl (C=O) groups excluding carboxylic acids is 1. The quantitative estimate of drug-likeness (QED) is 0.637. The molecule has 0 aliphatic heterocycles. The number of allylic oxidation sites excluding steroid dienone is 1. The highest BCUT2D eigenvalue weighted by Crippen LogP contribution is 2.13. The van der Waals surface area contributed by atoms with Gasteiger partial charge in [-0.05, 0) is 33.6 Å². The van der Waals surface area contributed by atoms with Gasteiger partial charge in [0.25, 0.3) is 0 Å². The molecule has 0 bridgehead atoms. The van der Waals surface area contributed by atoms with Crippen molar-refractivity contribution in [3.8, 4) is 0 Å². The van der Waals surface area contributed by atoms with Gasteiger partial charge in [-0.15, -0.1) is 0 Å². The zero-order valence-corrected chi connectivity index (χ0v) is 10.5. The van der Waals surface area contributed by atoms with Crippen molar-refractivity contribution in [3.05, 3.63) is 11.1 Å². The molecule has 0 aliphatic rings. The average Bonchev–Trinajstić information content (AvgIpc) is 2.12. The third-order valence-electron chi connectivity index (χ3n) is 2.97. The van der Waals surface area contributed by atoms with E-state index in [0.717, 1.165) is 11.1 Å². The van der Waals surface area contributed by atoms with Gasteiger partial charge in [0.05, 0.1) is 0 Å². The molecule has 0 aromatic heterocycles. The Balaban J connectivity index is 4.64. The Hall–Kier alpha value is -0.790. The van der Waals surface area contributed by atoms with Crippen molar-refractivity contribution < 1.29 is 4.79 Å². The predicted molar refractivity (Wildman–Crippen MR) is 61.1 cm³/mol. The van der Waals surface area contributed by atoms with Crippen LogP contribution >= 0.6 is 0 Å². The second-order valence-corrected chi connectivity index (χ2v) is 4.53. The van der Waals surface area contributed by atoms with E-state index in [1.165, 1.54) is 0 Å². The molecule has 0 rings (SSSR count). The number of nitrogens with zero attached hydrogens (tertiary/aromatic N) is 1. The second-order valence-electron chi connectivity index (χ2n) is 4.53. The summed E-state index contributed by atoms with van der Waals surface area (Å²) in [4.78, 5) is 13.7. The van der Waals surface area contributed by atoms with Gasteiger partial charge in [0.15, 0.2) is 0 Å². The van der Waals surface area contributed by atoms with E-state index < -0.39 is 0 Å². The fourth-order valence-electron chi connectivity index (χ4n) is 1.11. The minimum atomic E-state index is 0.145. The van der Waals surface area contributed by atoms with Crippen molar-refractivity contribution >= 4 is 5.91 Å². The third-order valence-corrected chi connectivity index (χ3v) is 2.97. The molecule has 0 heterocycles. The average molecular weight is 197 g/mol. The molecule has 0 spiro atoms. The van der Waals surface area contributed by atoms with Crippen molar-refractivity contribution in [2.75, 3.05) is 7.05 Å². The topological polar surface area (TPSA) is 20.3 Å². The number of amides is 1. The van der Waals surface area contributed by atoms with Crippen molar-refractivity contribution in [2.45, 2.75) is 47.6 Å². The van der Waals surface area contributed by atoms with Crippen LogP contribution in [-0.4, -0.2) is 23.9 Å². The Bertz CT molecular complexity index is 237. The summed E-state index contributed by atoms with van der Waals surface area (Å²) in [5.41, 5.74) is 1.96. The van der Waals surface area contributed by atoms with E-state index in [1.807, 2.05) is 32.7 Å². The first kappa shape index (κ1) is 13.2. The molecule has 14 heavy (non-hydrogen) atoms. The van der Waals surface area contributed by atoms with Crippen LogP contribution in [-0.2, 0) is 4.79 Å². The first-order valence-electron chi connectivity index (χ1n) is 5.20. The van der Waals surface area contributed by atoms with Crippen LogP contribution < -0.4 is 0 Å². The fraction of sp³-hybridized carbons (Fsp3) is 0.750. The Morgan fingerprint density at radius 2 is 1.50 bits per heavy atom. The summed E-state index contributed by atoms with van der Waals surface area (Å²) in [6, 6.07) is 0.289. The Labute approximate surface area is 88.0 Å². The van der Waals surface area contributed by atoms with E-state index in [1.54, 1.807) is 0 Å². The van der Waals surface area contributed by atoms with Gasteiger partial charge >= 0.3 is 0 Å². The van der Waals surface area contributed by atoms with Gasteiger partial charge in [0.2, 0.25) is 5.91 Å². The lowest BCUT2D eigenvalue weighted by Gasteiger charge is -2.28. The lowest BCUT2D eigenvalue weighted by Crippen LogP contribution is -2.38. The molecule has 0 radical (unpaired) electrons. The highest BCUT2D eigenvalue weighted by molar-refractivity contribution is 5.93. The number of hydrogen-bond acceptors (Lipinski definition) is 1. The normalized spacial score (nSPS) is 12.6. The molecule has 0 saturated carbocycles. The molecular formula is C12H23NO. The van der Waals surface area contributed by atoms with Gasteiger partial charge < -0.3 is 4.90 Å². The van der Waals surface area contributed by atoms with E-state index in [0.29, 0.717) is 5.92 Å². The molecule has 1 unspecified atom stereocenters. The third kappa shape index (κ3) is 3.17. The van der Waals surface area contributed by atoms with Crippen LogP contribution in [0.1, 0.15) is 41.5 Å². The van der Waals surface area contributed by atoms with Crippen molar-refractivity contribution in [1.82, 2.24) is 4.90 Å². The van der Waals surface area contributed by atoms with Gasteiger partial charge in [-0.3, -0.25) is 4.79 Å². The van der Waals surface area contributed by atoms with Crippen LogP contribution in [0, 0.1) is 5.92 Å². The molecule has 1 amide bonds. The van der Waals surface area contributed by atoms with Gasteiger partial charge in [-0.25, -0.2) is 0 Å². The summed E-state index contributed by atoms with van der Waals surface area (Å²) < 4.78 is 0. The standard InChI is InChI=1S/C12H23NO/c1-8(2)10(5)12(14)13(7)11(6)9(3)4/h9,11H,1-7H3. The molecule has 0 aromatic carbocycles. The smallest absolute Gasteiger partial charge is 0.249 e. The number of rotatable bonds is 3. The van der Waals surface area contributed by atoms with Crippen molar-refractivity contribution in [2.24, 2.45) is 5.92 Å². The van der Waals surface area contributed by atoms with E-state index in [2.05, 4.69) is 20.8 Å². The van der Waals surface area contributed by atoms with E-state index >= 15 is 0 Å². The minimum absolute atomic E-state index is 0.145. The second kappa shape index (κ2) is 5.18. The number of hydrogen-bond donors (Lipinski definition) is 0. The number of carbonyl (C=O) groups is 1. The van der Waals surface area contributed by atoms with Gasteiger partial charge in [0, 0.05) is 18.7 Å². The summed E-state index contributed by atoms with van der Waals surface area (Å²) in [5, 5.41) is 0. The summed E-state index contributed by atoms with van der Waals surface area (Å²) in [7, 11) is 1.87. The minimum Gasteiger partial charge on any atom is -0.339 e. The largest absolute Gasteiger partial charge is 0.339 e. The zero-order chi connectivity index (χ0) is 11.5. The van der Waals surface area contributed by atoms with Crippen LogP contribution in [0.25, 0.3) is 0 Å². The monoisotopic (exact) mass is 197 g/mol. The first-order valence-corrected chi connectivity index (χ1v) is 5.20. The molecule has 1 atom stereocenters. The Morgan fingerprint density at radius 3 is 1.79 bits per heavy atom. The molecule has 0 fully saturated rings. The van der Waals surface area contributed by atoms with Gasteiger partial charge in [-0.2, -0.15) is 0 Å². The molecule has 0 N–H and O–H groups in total. The fourth-order valence-corrected chi connectivity index (χ4v) is 1.11. The van der Waals surface area contributed by atoms with Crippen molar-refractivity contribution in [3.63, 3.8) is 0 Å². The molecule has 2 heteroatoms. The Kier molecular flexibility index (Phi) is 4.89. The van der Waals surface area contributed by atoms with Crippen LogP contribution in [0.15, 0.2) is 11.1 Å². The highest BCUT2D eigenvalue weighted by atomic mass is 16.2. The van der Waals surface area contributed by atoms with E-state index in [9.17, 15) is 4.79 Å². The molecule has 0 aliphatic carbocycles. The molecule has 82 valence electrons. The molecular weight excluding hydrogens is 174 g/mol. The maximum absolute atomic E-state index is 11.9. The van der Waals surface area contributed by atoms with Crippen molar-refractivity contribution in [1.29, 1.82) is 0 Å². The number of likely N-dealkylation sites (N-methyl/N-ethyl adjacent to an activating group) is 1. The van der Waals surface area contributed by atoms with Crippen LogP contribution in [0.2, 0.25) is 0 Å². The lowest BCUT2D eigenvalue weighted by atomic mass is 10.0.